The maximum absolute atomic E-state index is 13.0. The van der Waals surface area contributed by atoms with Gasteiger partial charge in [-0.15, -0.1) is 0 Å². The standard InChI is InChI=1S/C25H32N2O8/c1-18(25(29)34-15-20-8-6-5-7-9-20)14-23(16-33-17-35-19(2)32-4)26(3)24(28)21-10-12-22(13-11-21)27(30)31/h5-13,18-19,23H,14-17H2,1-4H3. The minimum Gasteiger partial charge on any atom is -0.461 e. The van der Waals surface area contributed by atoms with Gasteiger partial charge < -0.3 is 23.8 Å². The lowest BCUT2D eigenvalue weighted by Gasteiger charge is -2.30. The van der Waals surface area contributed by atoms with Gasteiger partial charge in [0.1, 0.15) is 13.4 Å². The largest absolute Gasteiger partial charge is 0.461 e. The van der Waals surface area contributed by atoms with Crippen LogP contribution in [0.3, 0.4) is 0 Å². The quantitative estimate of drug-likeness (QED) is 0.130. The molecule has 0 radical (unpaired) electrons. The number of carbonyl (C=O) groups excluding carboxylic acids is 2. The molecule has 0 spiro atoms. The highest BCUT2D eigenvalue weighted by molar-refractivity contribution is 5.94. The molecule has 35 heavy (non-hydrogen) atoms. The fraction of sp³-hybridized carbons (Fsp3) is 0.440. The van der Waals surface area contributed by atoms with E-state index in [0.29, 0.717) is 0 Å². The predicted octanol–water partition coefficient (Wildman–Crippen LogP) is 3.79. The Hall–Kier alpha value is -3.34. The molecule has 0 aromatic heterocycles. The van der Waals surface area contributed by atoms with Crippen LogP contribution in [0, 0.1) is 16.0 Å². The van der Waals surface area contributed by atoms with Gasteiger partial charge in [-0.3, -0.25) is 19.7 Å². The zero-order valence-corrected chi connectivity index (χ0v) is 20.4. The lowest BCUT2D eigenvalue weighted by atomic mass is 10.0. The molecule has 2 rings (SSSR count). The third-order valence-electron chi connectivity index (χ3n) is 5.47. The average molecular weight is 489 g/mol. The Labute approximate surface area is 204 Å². The van der Waals surface area contributed by atoms with Gasteiger partial charge in [0.05, 0.1) is 23.5 Å². The minimum atomic E-state index is -0.529. The zero-order valence-electron chi connectivity index (χ0n) is 20.4. The summed E-state index contributed by atoms with van der Waals surface area (Å²) in [5.41, 5.74) is 1.05. The lowest BCUT2D eigenvalue weighted by molar-refractivity contribution is -0.384. The first kappa shape index (κ1) is 27.9. The van der Waals surface area contributed by atoms with E-state index in [1.807, 2.05) is 30.3 Å². The van der Waals surface area contributed by atoms with E-state index in [-0.39, 0.29) is 49.6 Å². The van der Waals surface area contributed by atoms with Crippen molar-refractivity contribution < 1.29 is 33.5 Å². The van der Waals surface area contributed by atoms with Crippen LogP contribution < -0.4 is 0 Å². The molecule has 0 aliphatic heterocycles. The number of carbonyl (C=O) groups is 2. The number of rotatable bonds is 14. The Bertz CT molecular complexity index is 952. The second-order valence-electron chi connectivity index (χ2n) is 8.06. The first-order valence-electron chi connectivity index (χ1n) is 11.2. The Kier molecular flexibility index (Phi) is 11.3. The molecule has 10 nitrogen and oxygen atoms in total. The maximum atomic E-state index is 13.0. The van der Waals surface area contributed by atoms with Crippen molar-refractivity contribution in [3.63, 3.8) is 0 Å². The van der Waals surface area contributed by atoms with E-state index in [2.05, 4.69) is 0 Å². The number of nitro benzene ring substituents is 1. The number of esters is 1. The van der Waals surface area contributed by atoms with E-state index in [1.54, 1.807) is 20.9 Å². The average Bonchev–Trinajstić information content (AvgIpc) is 2.88. The second-order valence-corrected chi connectivity index (χ2v) is 8.06. The Morgan fingerprint density at radius 2 is 1.71 bits per heavy atom. The number of amides is 1. The van der Waals surface area contributed by atoms with Gasteiger partial charge in [0.2, 0.25) is 0 Å². The molecular formula is C25H32N2O8. The van der Waals surface area contributed by atoms with Gasteiger partial charge >= 0.3 is 5.97 Å². The molecule has 3 atom stereocenters. The number of likely N-dealkylation sites (N-methyl/N-ethyl adjacent to an activating group) is 1. The van der Waals surface area contributed by atoms with E-state index < -0.39 is 23.2 Å². The number of benzene rings is 2. The SMILES string of the molecule is COC(C)OCOCC(CC(C)C(=O)OCc1ccccc1)N(C)C(=O)c1ccc([N+](=O)[O-])cc1. The summed E-state index contributed by atoms with van der Waals surface area (Å²) < 4.78 is 21.4. The molecule has 190 valence electrons. The van der Waals surface area contributed by atoms with Crippen molar-refractivity contribution in [2.24, 2.45) is 5.92 Å². The summed E-state index contributed by atoms with van der Waals surface area (Å²) in [5, 5.41) is 10.9. The van der Waals surface area contributed by atoms with Crippen LogP contribution in [-0.4, -0.2) is 61.6 Å². The molecule has 0 bridgehead atoms. The van der Waals surface area contributed by atoms with E-state index in [0.717, 1.165) is 5.56 Å². The number of nitro groups is 1. The molecule has 0 N–H and O–H groups in total. The highest BCUT2D eigenvalue weighted by Gasteiger charge is 2.27. The van der Waals surface area contributed by atoms with Gasteiger partial charge in [-0.25, -0.2) is 0 Å². The molecule has 0 fully saturated rings. The van der Waals surface area contributed by atoms with Crippen LogP contribution in [0.4, 0.5) is 5.69 Å². The second kappa shape index (κ2) is 14.1. The van der Waals surface area contributed by atoms with E-state index in [9.17, 15) is 19.7 Å². The molecule has 0 saturated carbocycles. The van der Waals surface area contributed by atoms with Crippen molar-refractivity contribution in [2.45, 2.75) is 39.2 Å². The lowest BCUT2D eigenvalue weighted by Crippen LogP contribution is -2.42. The zero-order chi connectivity index (χ0) is 25.8. The molecule has 1 amide bonds. The predicted molar refractivity (Wildman–Crippen MR) is 127 cm³/mol. The molecular weight excluding hydrogens is 456 g/mol. The fourth-order valence-corrected chi connectivity index (χ4v) is 3.20. The van der Waals surface area contributed by atoms with Crippen molar-refractivity contribution in [2.75, 3.05) is 27.6 Å². The van der Waals surface area contributed by atoms with Crippen LogP contribution in [-0.2, 0) is 30.3 Å². The van der Waals surface area contributed by atoms with Gasteiger partial charge in [0, 0.05) is 31.9 Å². The van der Waals surface area contributed by atoms with E-state index in [1.165, 1.54) is 36.3 Å². The van der Waals surface area contributed by atoms with Crippen LogP contribution in [0.2, 0.25) is 0 Å². The summed E-state index contributed by atoms with van der Waals surface area (Å²) in [7, 11) is 3.10. The van der Waals surface area contributed by atoms with Crippen molar-refractivity contribution >= 4 is 17.6 Å². The summed E-state index contributed by atoms with van der Waals surface area (Å²) in [6.07, 6.45) is -0.178. The van der Waals surface area contributed by atoms with Crippen LogP contribution in [0.5, 0.6) is 0 Å². The Morgan fingerprint density at radius 1 is 1.06 bits per heavy atom. The fourth-order valence-electron chi connectivity index (χ4n) is 3.20. The van der Waals surface area contributed by atoms with Crippen molar-refractivity contribution in [1.82, 2.24) is 4.90 Å². The summed E-state index contributed by atoms with van der Waals surface area (Å²) in [5.74, 6) is -1.26. The van der Waals surface area contributed by atoms with Crippen LogP contribution >= 0.6 is 0 Å². The summed E-state index contributed by atoms with van der Waals surface area (Å²) in [6, 6.07) is 14.2. The normalized spacial score (nSPS) is 13.5. The van der Waals surface area contributed by atoms with Gasteiger partial charge in [0.15, 0.2) is 6.29 Å². The minimum absolute atomic E-state index is 0.0576. The Balaban J connectivity index is 2.05. The van der Waals surface area contributed by atoms with Crippen molar-refractivity contribution in [3.05, 3.63) is 75.8 Å². The molecule has 0 aliphatic rings. The number of non-ortho nitro benzene ring substituents is 1. The molecule has 0 saturated heterocycles. The molecule has 3 unspecified atom stereocenters. The smallest absolute Gasteiger partial charge is 0.309 e. The van der Waals surface area contributed by atoms with Crippen molar-refractivity contribution in [3.8, 4) is 0 Å². The highest BCUT2D eigenvalue weighted by Crippen LogP contribution is 2.19. The molecule has 0 heterocycles. The highest BCUT2D eigenvalue weighted by atomic mass is 16.7. The van der Waals surface area contributed by atoms with Crippen molar-refractivity contribution in [1.29, 1.82) is 0 Å². The first-order chi connectivity index (χ1) is 16.7. The third-order valence-corrected chi connectivity index (χ3v) is 5.47. The molecule has 2 aromatic rings. The first-order valence-corrected chi connectivity index (χ1v) is 11.2. The molecule has 10 heteroatoms. The number of hydrogen-bond donors (Lipinski definition) is 0. The van der Waals surface area contributed by atoms with Crippen LogP contribution in [0.1, 0.15) is 36.2 Å². The summed E-state index contributed by atoms with van der Waals surface area (Å²) >= 11 is 0. The third kappa shape index (κ3) is 9.08. The van der Waals surface area contributed by atoms with Gasteiger partial charge in [-0.1, -0.05) is 37.3 Å². The van der Waals surface area contributed by atoms with Gasteiger partial charge in [-0.2, -0.15) is 0 Å². The monoisotopic (exact) mass is 488 g/mol. The summed E-state index contributed by atoms with van der Waals surface area (Å²) in [6.45, 7) is 3.65. The maximum Gasteiger partial charge on any atom is 0.309 e. The Morgan fingerprint density at radius 3 is 2.31 bits per heavy atom. The summed E-state index contributed by atoms with van der Waals surface area (Å²) in [4.78, 5) is 37.5. The number of ether oxygens (including phenoxy) is 4. The van der Waals surface area contributed by atoms with E-state index >= 15 is 0 Å². The van der Waals surface area contributed by atoms with Gasteiger partial charge in [0.25, 0.3) is 11.6 Å². The topological polar surface area (TPSA) is 117 Å². The van der Waals surface area contributed by atoms with Crippen LogP contribution in [0.25, 0.3) is 0 Å². The molecule has 0 aliphatic carbocycles. The molecule has 2 aromatic carbocycles. The number of nitrogens with zero attached hydrogens (tertiary/aromatic N) is 2. The van der Waals surface area contributed by atoms with Gasteiger partial charge in [-0.05, 0) is 31.0 Å². The number of hydrogen-bond acceptors (Lipinski definition) is 8. The van der Waals surface area contributed by atoms with E-state index in [4.69, 9.17) is 18.9 Å². The van der Waals surface area contributed by atoms with Crippen LogP contribution in [0.15, 0.2) is 54.6 Å². The number of methoxy groups -OCH3 is 1.